The maximum absolute atomic E-state index is 10.8. The molecule has 3 heteroatoms. The average Bonchev–Trinajstić information content (AvgIpc) is 2.35. The summed E-state index contributed by atoms with van der Waals surface area (Å²) in [7, 11) is 1.42. The fourth-order valence-electron chi connectivity index (χ4n) is 2.00. The molecule has 0 fully saturated rings. The maximum atomic E-state index is 10.8. The lowest BCUT2D eigenvalue weighted by Crippen LogP contribution is -2.15. The first kappa shape index (κ1) is 16.9. The number of nitrogens with zero attached hydrogens (tertiary/aromatic N) is 1. The minimum absolute atomic E-state index is 0.507. The average molecular weight is 244 g/mol. The van der Waals surface area contributed by atoms with E-state index in [9.17, 15) is 5.21 Å². The third-order valence-electron chi connectivity index (χ3n) is 3.15. The van der Waals surface area contributed by atoms with Gasteiger partial charge in [-0.2, -0.15) is 0 Å². The van der Waals surface area contributed by atoms with Crippen LogP contribution in [0, 0.1) is 5.21 Å². The van der Waals surface area contributed by atoms with Crippen molar-refractivity contribution in [2.45, 2.75) is 77.6 Å². The highest BCUT2D eigenvalue weighted by atomic mass is 16.9. The zero-order valence-electron chi connectivity index (χ0n) is 11.7. The monoisotopic (exact) mass is 244 g/mol. The molecule has 0 bridgehead atoms. The first-order valence-electron chi connectivity index (χ1n) is 7.30. The molecule has 0 aromatic rings. The van der Waals surface area contributed by atoms with Crippen LogP contribution < -0.4 is 0 Å². The van der Waals surface area contributed by atoms with Gasteiger partial charge < -0.3 is 10.0 Å². The van der Waals surface area contributed by atoms with Crippen molar-refractivity contribution in [3.8, 4) is 0 Å². The lowest BCUT2D eigenvalue weighted by atomic mass is 10.1. The molecule has 0 radical (unpaired) electrons. The van der Waals surface area contributed by atoms with Crippen LogP contribution in [0.25, 0.3) is 0 Å². The normalized spacial score (nSPS) is 11.3. The van der Waals surface area contributed by atoms with E-state index in [2.05, 4.69) is 11.8 Å². The van der Waals surface area contributed by atoms with Gasteiger partial charge in [-0.25, -0.2) is 0 Å². The Labute approximate surface area is 107 Å². The molecule has 0 saturated carbocycles. The molecule has 3 nitrogen and oxygen atoms in total. The standard InChI is InChI=1S/C14H30NO2/c1-3-4-5-6-7-8-9-10-11-12-13-14-15(16)17-2/h3-14H2,1-2H3/q-1. The van der Waals surface area contributed by atoms with Crippen molar-refractivity contribution < 1.29 is 4.84 Å². The van der Waals surface area contributed by atoms with Gasteiger partial charge in [0.1, 0.15) is 0 Å². The Morgan fingerprint density at radius 3 is 1.59 bits per heavy atom. The van der Waals surface area contributed by atoms with Crippen LogP contribution in [0.1, 0.15) is 77.6 Å². The SMILES string of the molecule is CCCCCCCCCCCCCN([O-])OC. The Balaban J connectivity index is 2.94. The molecule has 0 aromatic heterocycles. The van der Waals surface area contributed by atoms with E-state index in [0.717, 1.165) is 12.8 Å². The largest absolute Gasteiger partial charge is 0.762 e. The maximum Gasteiger partial charge on any atom is 0.0563 e. The van der Waals surface area contributed by atoms with Crippen molar-refractivity contribution in [2.75, 3.05) is 13.7 Å². The van der Waals surface area contributed by atoms with Crippen LogP contribution in [0.4, 0.5) is 0 Å². The number of rotatable bonds is 13. The van der Waals surface area contributed by atoms with E-state index in [1.807, 2.05) is 0 Å². The van der Waals surface area contributed by atoms with E-state index in [1.54, 1.807) is 0 Å². The van der Waals surface area contributed by atoms with Crippen LogP contribution in [0.15, 0.2) is 0 Å². The van der Waals surface area contributed by atoms with Crippen LogP contribution >= 0.6 is 0 Å². The van der Waals surface area contributed by atoms with Gasteiger partial charge in [0.25, 0.3) is 0 Å². The van der Waals surface area contributed by atoms with E-state index in [-0.39, 0.29) is 0 Å². The van der Waals surface area contributed by atoms with Crippen LogP contribution in [-0.2, 0) is 4.84 Å². The Bertz CT molecular complexity index is 142. The van der Waals surface area contributed by atoms with Crippen LogP contribution in [0.2, 0.25) is 0 Å². The molecule has 0 aliphatic rings. The molecule has 0 saturated heterocycles. The molecule has 17 heavy (non-hydrogen) atoms. The van der Waals surface area contributed by atoms with Gasteiger partial charge in [0.2, 0.25) is 0 Å². The molecule has 0 heterocycles. The number of hydrogen-bond acceptors (Lipinski definition) is 3. The summed E-state index contributed by atoms with van der Waals surface area (Å²) < 4.78 is 0. The van der Waals surface area contributed by atoms with Gasteiger partial charge in [-0.05, 0) is 6.42 Å². The summed E-state index contributed by atoms with van der Waals surface area (Å²) in [5.41, 5.74) is 0. The molecule has 104 valence electrons. The van der Waals surface area contributed by atoms with Gasteiger partial charge >= 0.3 is 0 Å². The minimum Gasteiger partial charge on any atom is -0.762 e. The molecule has 0 aliphatic heterocycles. The van der Waals surface area contributed by atoms with Gasteiger partial charge in [-0.3, -0.25) is 5.23 Å². The summed E-state index contributed by atoms with van der Waals surface area (Å²) >= 11 is 0. The Morgan fingerprint density at radius 1 is 0.765 bits per heavy atom. The van der Waals surface area contributed by atoms with Gasteiger partial charge in [-0.15, -0.1) is 0 Å². The summed E-state index contributed by atoms with van der Waals surface area (Å²) in [6.07, 6.45) is 14.4. The molecular weight excluding hydrogens is 214 g/mol. The first-order chi connectivity index (χ1) is 8.31. The Kier molecular flexibility index (Phi) is 13.8. The molecule has 0 aromatic carbocycles. The predicted octanol–water partition coefficient (Wildman–Crippen LogP) is 4.66. The topological polar surface area (TPSA) is 35.5 Å². The third-order valence-corrected chi connectivity index (χ3v) is 3.15. The molecule has 0 unspecified atom stereocenters. The zero-order valence-corrected chi connectivity index (χ0v) is 11.7. The summed E-state index contributed by atoms with van der Waals surface area (Å²) in [5.74, 6) is 0. The van der Waals surface area contributed by atoms with Crippen LogP contribution in [0.3, 0.4) is 0 Å². The number of hydroxylamine groups is 2. The van der Waals surface area contributed by atoms with E-state index < -0.39 is 0 Å². The highest BCUT2D eigenvalue weighted by molar-refractivity contribution is 4.50. The summed E-state index contributed by atoms with van der Waals surface area (Å²) in [4.78, 5) is 4.52. The molecule has 0 spiro atoms. The minimum atomic E-state index is 0.507. The second-order valence-corrected chi connectivity index (χ2v) is 4.77. The van der Waals surface area contributed by atoms with Crippen molar-refractivity contribution in [2.24, 2.45) is 0 Å². The van der Waals surface area contributed by atoms with Gasteiger partial charge in [-0.1, -0.05) is 71.1 Å². The van der Waals surface area contributed by atoms with Crippen LogP contribution in [-0.4, -0.2) is 18.9 Å². The van der Waals surface area contributed by atoms with Crippen molar-refractivity contribution in [1.82, 2.24) is 5.23 Å². The van der Waals surface area contributed by atoms with Crippen molar-refractivity contribution in [1.29, 1.82) is 0 Å². The quantitative estimate of drug-likeness (QED) is 0.349. The zero-order chi connectivity index (χ0) is 12.8. The van der Waals surface area contributed by atoms with Crippen molar-refractivity contribution >= 4 is 0 Å². The van der Waals surface area contributed by atoms with E-state index in [0.29, 0.717) is 11.8 Å². The smallest absolute Gasteiger partial charge is 0.0563 e. The molecule has 0 N–H and O–H groups in total. The van der Waals surface area contributed by atoms with Crippen molar-refractivity contribution in [3.63, 3.8) is 0 Å². The fourth-order valence-corrected chi connectivity index (χ4v) is 2.00. The second-order valence-electron chi connectivity index (χ2n) is 4.77. The highest BCUT2D eigenvalue weighted by Crippen LogP contribution is 2.11. The summed E-state index contributed by atoms with van der Waals surface area (Å²) in [5, 5.41) is 11.4. The summed E-state index contributed by atoms with van der Waals surface area (Å²) in [6.45, 7) is 2.76. The molecular formula is C14H30NO2-. The van der Waals surface area contributed by atoms with E-state index in [4.69, 9.17) is 0 Å². The molecule has 0 atom stereocenters. The van der Waals surface area contributed by atoms with Gasteiger partial charge in [0, 0.05) is 6.54 Å². The fraction of sp³-hybridized carbons (Fsp3) is 1.00. The molecule has 0 rings (SSSR count). The highest BCUT2D eigenvalue weighted by Gasteiger charge is 1.93. The van der Waals surface area contributed by atoms with Crippen LogP contribution in [0.5, 0.6) is 0 Å². The number of hydrogen-bond donors (Lipinski definition) is 0. The second kappa shape index (κ2) is 13.9. The number of unbranched alkanes of at least 4 members (excludes halogenated alkanes) is 10. The van der Waals surface area contributed by atoms with E-state index in [1.165, 1.54) is 64.9 Å². The molecule has 0 amide bonds. The predicted molar refractivity (Wildman–Crippen MR) is 73.5 cm³/mol. The van der Waals surface area contributed by atoms with Gasteiger partial charge in [0.15, 0.2) is 0 Å². The lowest BCUT2D eigenvalue weighted by Gasteiger charge is -2.24. The lowest BCUT2D eigenvalue weighted by molar-refractivity contribution is -0.0881. The Morgan fingerprint density at radius 2 is 1.18 bits per heavy atom. The molecule has 0 aliphatic carbocycles. The first-order valence-corrected chi connectivity index (χ1v) is 7.30. The van der Waals surface area contributed by atoms with E-state index >= 15 is 0 Å². The Hall–Kier alpha value is -0.120. The van der Waals surface area contributed by atoms with Crippen molar-refractivity contribution in [3.05, 3.63) is 5.21 Å². The van der Waals surface area contributed by atoms with Gasteiger partial charge in [0.05, 0.1) is 7.11 Å². The summed E-state index contributed by atoms with van der Waals surface area (Å²) in [6, 6.07) is 0. The third kappa shape index (κ3) is 13.8.